The predicted molar refractivity (Wildman–Crippen MR) is 104 cm³/mol. The fourth-order valence-electron chi connectivity index (χ4n) is 4.02. The number of carbonyl (C=O) groups is 1. The number of aryl methyl sites for hydroxylation is 1. The number of carbonyl (C=O) groups excluding carboxylic acids is 1. The summed E-state index contributed by atoms with van der Waals surface area (Å²) < 4.78 is 17.2. The fourth-order valence-corrected chi connectivity index (χ4v) is 4.02. The summed E-state index contributed by atoms with van der Waals surface area (Å²) in [5, 5.41) is 0. The molecule has 1 atom stereocenters. The molecule has 1 unspecified atom stereocenters. The second-order valence-electron chi connectivity index (χ2n) is 7.42. The summed E-state index contributed by atoms with van der Waals surface area (Å²) in [6, 6.07) is 11.5. The van der Waals surface area contributed by atoms with Crippen molar-refractivity contribution >= 4 is 17.0 Å². The molecule has 3 aromatic rings. The Kier molecular flexibility index (Phi) is 4.19. The van der Waals surface area contributed by atoms with Gasteiger partial charge < -0.3 is 18.8 Å². The summed E-state index contributed by atoms with van der Waals surface area (Å²) in [5.74, 6) is 2.21. The monoisotopic (exact) mass is 378 g/mol. The molecule has 0 N–H and O–H groups in total. The van der Waals surface area contributed by atoms with Crippen LogP contribution in [0.3, 0.4) is 0 Å². The third kappa shape index (κ3) is 2.99. The standard InChI is InChI=1S/C22H22N2O4/c1-14-11-19-20(27-10-9-26-19)12-16(14)22(25)24-8-4-5-15(13-24)21-23-17-6-2-3-7-18(17)28-21/h2-3,6-7,11-12,15H,4-5,8-10,13H2,1H3. The summed E-state index contributed by atoms with van der Waals surface area (Å²) in [6.07, 6.45) is 1.90. The van der Waals surface area contributed by atoms with Gasteiger partial charge in [0.25, 0.3) is 5.91 Å². The molecule has 2 aliphatic rings. The number of hydrogen-bond donors (Lipinski definition) is 0. The summed E-state index contributed by atoms with van der Waals surface area (Å²) >= 11 is 0. The molecule has 1 aromatic heterocycles. The Labute approximate surface area is 163 Å². The number of rotatable bonds is 2. The van der Waals surface area contributed by atoms with Gasteiger partial charge in [-0.2, -0.15) is 0 Å². The molecule has 28 heavy (non-hydrogen) atoms. The van der Waals surface area contributed by atoms with Crippen molar-refractivity contribution in [1.29, 1.82) is 0 Å². The summed E-state index contributed by atoms with van der Waals surface area (Å²) in [6.45, 7) is 4.34. The summed E-state index contributed by atoms with van der Waals surface area (Å²) in [7, 11) is 0. The summed E-state index contributed by atoms with van der Waals surface area (Å²) in [5.41, 5.74) is 3.23. The van der Waals surface area contributed by atoms with Crippen molar-refractivity contribution in [2.24, 2.45) is 0 Å². The maximum atomic E-state index is 13.2. The number of amides is 1. The van der Waals surface area contributed by atoms with Gasteiger partial charge in [-0.3, -0.25) is 4.79 Å². The Bertz CT molecular complexity index is 1010. The van der Waals surface area contributed by atoms with E-state index >= 15 is 0 Å². The van der Waals surface area contributed by atoms with E-state index in [-0.39, 0.29) is 11.8 Å². The van der Waals surface area contributed by atoms with Crippen LogP contribution in [0.1, 0.15) is 40.6 Å². The fraction of sp³-hybridized carbons (Fsp3) is 0.364. The molecule has 1 amide bonds. The number of nitrogens with zero attached hydrogens (tertiary/aromatic N) is 2. The molecule has 5 rings (SSSR count). The van der Waals surface area contributed by atoms with Crippen LogP contribution < -0.4 is 9.47 Å². The van der Waals surface area contributed by atoms with Gasteiger partial charge in [0.15, 0.2) is 23.0 Å². The van der Waals surface area contributed by atoms with Gasteiger partial charge in [0, 0.05) is 18.7 Å². The van der Waals surface area contributed by atoms with Crippen molar-refractivity contribution in [3.05, 3.63) is 53.4 Å². The Morgan fingerprint density at radius 2 is 1.93 bits per heavy atom. The number of piperidine rings is 1. The lowest BCUT2D eigenvalue weighted by Crippen LogP contribution is -2.39. The molecule has 6 nitrogen and oxygen atoms in total. The minimum absolute atomic E-state index is 0.0234. The van der Waals surface area contributed by atoms with Crippen LogP contribution in [-0.2, 0) is 0 Å². The van der Waals surface area contributed by atoms with Crippen molar-refractivity contribution in [3.63, 3.8) is 0 Å². The Balaban J connectivity index is 1.39. The van der Waals surface area contributed by atoms with Crippen LogP contribution in [0.2, 0.25) is 0 Å². The molecule has 1 saturated heterocycles. The van der Waals surface area contributed by atoms with Crippen LogP contribution in [0.5, 0.6) is 11.5 Å². The van der Waals surface area contributed by atoms with Gasteiger partial charge in [-0.05, 0) is 49.6 Å². The SMILES string of the molecule is Cc1cc2c(cc1C(=O)N1CCCC(c3nc4ccccc4o3)C1)OCCO2. The lowest BCUT2D eigenvalue weighted by atomic mass is 9.96. The highest BCUT2D eigenvalue weighted by Gasteiger charge is 2.30. The number of fused-ring (bicyclic) bond motifs is 2. The average Bonchev–Trinajstić information content (AvgIpc) is 3.17. The molecule has 2 aromatic carbocycles. The number of likely N-dealkylation sites (tertiary alicyclic amines) is 1. The highest BCUT2D eigenvalue weighted by molar-refractivity contribution is 5.96. The second-order valence-corrected chi connectivity index (χ2v) is 7.42. The van der Waals surface area contributed by atoms with Crippen LogP contribution in [0.4, 0.5) is 0 Å². The van der Waals surface area contributed by atoms with Gasteiger partial charge in [-0.15, -0.1) is 0 Å². The second kappa shape index (κ2) is 6.86. The van der Waals surface area contributed by atoms with Crippen molar-refractivity contribution in [1.82, 2.24) is 9.88 Å². The molecule has 1 fully saturated rings. The maximum absolute atomic E-state index is 13.2. The van der Waals surface area contributed by atoms with E-state index in [1.165, 1.54) is 0 Å². The van der Waals surface area contributed by atoms with Gasteiger partial charge in [-0.1, -0.05) is 12.1 Å². The number of aromatic nitrogens is 1. The van der Waals surface area contributed by atoms with Crippen molar-refractivity contribution in [3.8, 4) is 11.5 Å². The molecule has 2 aliphatic heterocycles. The normalized spacial score (nSPS) is 19.0. The lowest BCUT2D eigenvalue weighted by Gasteiger charge is -2.32. The molecule has 144 valence electrons. The first-order valence-electron chi connectivity index (χ1n) is 9.74. The van der Waals surface area contributed by atoms with E-state index in [0.29, 0.717) is 36.8 Å². The van der Waals surface area contributed by atoms with Gasteiger partial charge in [0.2, 0.25) is 0 Å². The highest BCUT2D eigenvalue weighted by Crippen LogP contribution is 2.35. The van der Waals surface area contributed by atoms with Crippen molar-refractivity contribution in [2.75, 3.05) is 26.3 Å². The topological polar surface area (TPSA) is 64.8 Å². The van der Waals surface area contributed by atoms with Crippen LogP contribution >= 0.6 is 0 Å². The van der Waals surface area contributed by atoms with E-state index in [9.17, 15) is 4.79 Å². The zero-order valence-electron chi connectivity index (χ0n) is 15.8. The number of oxazole rings is 1. The quantitative estimate of drug-likeness (QED) is 0.676. The molecule has 0 radical (unpaired) electrons. The Hall–Kier alpha value is -3.02. The Morgan fingerprint density at radius 1 is 1.14 bits per heavy atom. The van der Waals surface area contributed by atoms with E-state index < -0.39 is 0 Å². The smallest absolute Gasteiger partial charge is 0.254 e. The van der Waals surface area contributed by atoms with E-state index in [0.717, 1.165) is 41.9 Å². The van der Waals surface area contributed by atoms with E-state index in [1.807, 2.05) is 48.2 Å². The zero-order valence-corrected chi connectivity index (χ0v) is 15.8. The first kappa shape index (κ1) is 17.1. The highest BCUT2D eigenvalue weighted by atomic mass is 16.6. The lowest BCUT2D eigenvalue weighted by molar-refractivity contribution is 0.0697. The third-order valence-electron chi connectivity index (χ3n) is 5.49. The minimum Gasteiger partial charge on any atom is -0.486 e. The molecular weight excluding hydrogens is 356 g/mol. The maximum Gasteiger partial charge on any atom is 0.254 e. The Morgan fingerprint density at radius 3 is 2.75 bits per heavy atom. The molecule has 3 heterocycles. The number of ether oxygens (including phenoxy) is 2. The average molecular weight is 378 g/mol. The first-order chi connectivity index (χ1) is 13.7. The van der Waals surface area contributed by atoms with Gasteiger partial charge in [0.1, 0.15) is 18.7 Å². The molecule has 0 spiro atoms. The van der Waals surface area contributed by atoms with E-state index in [4.69, 9.17) is 13.9 Å². The third-order valence-corrected chi connectivity index (χ3v) is 5.49. The van der Waals surface area contributed by atoms with Crippen molar-refractivity contribution in [2.45, 2.75) is 25.7 Å². The number of hydrogen-bond acceptors (Lipinski definition) is 5. The molecule has 0 aliphatic carbocycles. The molecule has 6 heteroatoms. The first-order valence-corrected chi connectivity index (χ1v) is 9.74. The van der Waals surface area contributed by atoms with Crippen LogP contribution in [0.25, 0.3) is 11.1 Å². The van der Waals surface area contributed by atoms with Gasteiger partial charge in [-0.25, -0.2) is 4.98 Å². The van der Waals surface area contributed by atoms with E-state index in [2.05, 4.69) is 4.98 Å². The summed E-state index contributed by atoms with van der Waals surface area (Å²) in [4.78, 5) is 19.8. The largest absolute Gasteiger partial charge is 0.486 e. The van der Waals surface area contributed by atoms with Crippen molar-refractivity contribution < 1.29 is 18.7 Å². The van der Waals surface area contributed by atoms with Crippen LogP contribution in [0, 0.1) is 6.92 Å². The minimum atomic E-state index is 0.0234. The number of para-hydroxylation sites is 2. The number of benzene rings is 2. The molecule has 0 saturated carbocycles. The van der Waals surface area contributed by atoms with Gasteiger partial charge in [0.05, 0.1) is 5.92 Å². The molecule has 0 bridgehead atoms. The molecular formula is C22H22N2O4. The van der Waals surface area contributed by atoms with Gasteiger partial charge >= 0.3 is 0 Å². The predicted octanol–water partition coefficient (Wildman–Crippen LogP) is 3.93. The van der Waals surface area contributed by atoms with E-state index in [1.54, 1.807) is 0 Å². The van der Waals surface area contributed by atoms with Crippen LogP contribution in [-0.4, -0.2) is 42.1 Å². The van der Waals surface area contributed by atoms with Crippen LogP contribution in [0.15, 0.2) is 40.8 Å². The zero-order chi connectivity index (χ0) is 19.1.